The van der Waals surface area contributed by atoms with Crippen LogP contribution in [0.3, 0.4) is 0 Å². The third-order valence-corrected chi connectivity index (χ3v) is 2.58. The highest BCUT2D eigenvalue weighted by Gasteiger charge is 2.24. The van der Waals surface area contributed by atoms with E-state index in [1.165, 1.54) is 0 Å². The van der Waals surface area contributed by atoms with Gasteiger partial charge in [-0.1, -0.05) is 20.8 Å². The summed E-state index contributed by atoms with van der Waals surface area (Å²) in [7, 11) is 0. The Hall–Kier alpha value is -0.590. The Bertz CT molecular complexity index is 170. The number of likely N-dealkylation sites (N-methyl/N-ethyl adjacent to an activating group) is 1. The molecule has 0 aromatic rings. The minimum Gasteiger partial charge on any atom is -0.389 e. The summed E-state index contributed by atoms with van der Waals surface area (Å²) in [5.74, 6) is 0. The fourth-order valence-electron chi connectivity index (χ4n) is 1.27. The van der Waals surface area contributed by atoms with E-state index in [9.17, 15) is 5.11 Å². The van der Waals surface area contributed by atoms with Crippen molar-refractivity contribution in [2.75, 3.05) is 19.6 Å². The second-order valence-electron chi connectivity index (χ2n) is 3.39. The molecule has 0 heterocycles. The average molecular weight is 184 g/mol. The van der Waals surface area contributed by atoms with Gasteiger partial charge < -0.3 is 5.11 Å². The van der Waals surface area contributed by atoms with Crippen LogP contribution in [0.25, 0.3) is 0 Å². The molecule has 0 saturated carbocycles. The molecule has 3 heteroatoms. The summed E-state index contributed by atoms with van der Waals surface area (Å²) in [6, 6.07) is 2.10. The lowest BCUT2D eigenvalue weighted by Crippen LogP contribution is -2.42. The number of aliphatic hydroxyl groups is 1. The normalized spacial score (nSPS) is 11.7. The molecule has 0 aromatic heterocycles. The van der Waals surface area contributed by atoms with Crippen molar-refractivity contribution in [2.45, 2.75) is 39.2 Å². The summed E-state index contributed by atoms with van der Waals surface area (Å²) in [5, 5.41) is 18.5. The third kappa shape index (κ3) is 4.25. The molecule has 13 heavy (non-hydrogen) atoms. The molecule has 1 N–H and O–H groups in total. The molecule has 0 fully saturated rings. The van der Waals surface area contributed by atoms with Gasteiger partial charge in [-0.15, -0.1) is 0 Å². The monoisotopic (exact) mass is 184 g/mol. The van der Waals surface area contributed by atoms with Gasteiger partial charge in [-0.05, 0) is 19.4 Å². The van der Waals surface area contributed by atoms with Crippen LogP contribution in [0.5, 0.6) is 0 Å². The summed E-state index contributed by atoms with van der Waals surface area (Å²) in [4.78, 5) is 1.97. The average Bonchev–Trinajstić information content (AvgIpc) is 2.17. The van der Waals surface area contributed by atoms with Gasteiger partial charge in [0.1, 0.15) is 0 Å². The van der Waals surface area contributed by atoms with Gasteiger partial charge in [-0.25, -0.2) is 0 Å². The Kier molecular flexibility index (Phi) is 5.68. The van der Waals surface area contributed by atoms with Crippen molar-refractivity contribution in [3.63, 3.8) is 0 Å². The minimum atomic E-state index is -0.618. The van der Waals surface area contributed by atoms with Crippen LogP contribution in [0.1, 0.15) is 33.6 Å². The van der Waals surface area contributed by atoms with E-state index in [2.05, 4.69) is 6.07 Å². The second kappa shape index (κ2) is 5.95. The molecule has 76 valence electrons. The Morgan fingerprint density at radius 2 is 1.85 bits per heavy atom. The molecule has 0 amide bonds. The smallest absolute Gasteiger partial charge is 0.0866 e. The first-order chi connectivity index (χ1) is 6.11. The van der Waals surface area contributed by atoms with Crippen LogP contribution in [0, 0.1) is 11.3 Å². The van der Waals surface area contributed by atoms with E-state index < -0.39 is 5.60 Å². The highest BCUT2D eigenvalue weighted by Crippen LogP contribution is 2.15. The lowest BCUT2D eigenvalue weighted by atomic mass is 9.97. The molecular weight excluding hydrogens is 164 g/mol. The van der Waals surface area contributed by atoms with E-state index in [0.717, 1.165) is 19.4 Å². The Morgan fingerprint density at radius 1 is 1.31 bits per heavy atom. The first kappa shape index (κ1) is 12.4. The van der Waals surface area contributed by atoms with E-state index in [0.29, 0.717) is 13.1 Å². The molecule has 0 aliphatic carbocycles. The van der Waals surface area contributed by atoms with Crippen molar-refractivity contribution in [2.24, 2.45) is 0 Å². The molecule has 0 aliphatic rings. The standard InChI is InChI=1S/C10H20N2O/c1-4-10(13,5-2)9-12(6-3)8-7-11/h13H,4-6,8-9H2,1-3H3. The van der Waals surface area contributed by atoms with Gasteiger partial charge in [0.25, 0.3) is 0 Å². The van der Waals surface area contributed by atoms with Crippen LogP contribution in [0.15, 0.2) is 0 Å². The Labute approximate surface area is 81.0 Å². The van der Waals surface area contributed by atoms with E-state index >= 15 is 0 Å². The molecule has 0 aromatic carbocycles. The van der Waals surface area contributed by atoms with Gasteiger partial charge in [-0.2, -0.15) is 5.26 Å². The van der Waals surface area contributed by atoms with Gasteiger partial charge in [0, 0.05) is 6.54 Å². The summed E-state index contributed by atoms with van der Waals surface area (Å²) >= 11 is 0. The van der Waals surface area contributed by atoms with Crippen LogP contribution in [0.2, 0.25) is 0 Å². The third-order valence-electron chi connectivity index (χ3n) is 2.58. The lowest BCUT2D eigenvalue weighted by Gasteiger charge is -2.30. The molecule has 0 aliphatic heterocycles. The molecular formula is C10H20N2O. The topological polar surface area (TPSA) is 47.3 Å². The number of nitriles is 1. The van der Waals surface area contributed by atoms with Crippen molar-refractivity contribution in [1.29, 1.82) is 5.26 Å². The molecule has 0 atom stereocenters. The zero-order chi connectivity index (χ0) is 10.3. The van der Waals surface area contributed by atoms with Crippen LogP contribution in [-0.2, 0) is 0 Å². The largest absolute Gasteiger partial charge is 0.389 e. The van der Waals surface area contributed by atoms with Crippen molar-refractivity contribution in [1.82, 2.24) is 4.90 Å². The second-order valence-corrected chi connectivity index (χ2v) is 3.39. The maximum absolute atomic E-state index is 10.0. The fourth-order valence-corrected chi connectivity index (χ4v) is 1.27. The van der Waals surface area contributed by atoms with Crippen molar-refractivity contribution in [3.05, 3.63) is 0 Å². The molecule has 0 spiro atoms. The van der Waals surface area contributed by atoms with Crippen molar-refractivity contribution >= 4 is 0 Å². The van der Waals surface area contributed by atoms with Crippen LogP contribution in [0.4, 0.5) is 0 Å². The highest BCUT2D eigenvalue weighted by atomic mass is 16.3. The number of hydrogen-bond acceptors (Lipinski definition) is 3. The van der Waals surface area contributed by atoms with Crippen LogP contribution >= 0.6 is 0 Å². The molecule has 0 bridgehead atoms. The van der Waals surface area contributed by atoms with Crippen molar-refractivity contribution in [3.8, 4) is 6.07 Å². The predicted octanol–water partition coefficient (Wildman–Crippen LogP) is 1.38. The van der Waals surface area contributed by atoms with Gasteiger partial charge in [0.05, 0.1) is 18.2 Å². The highest BCUT2D eigenvalue weighted by molar-refractivity contribution is 4.83. The van der Waals surface area contributed by atoms with Gasteiger partial charge in [-0.3, -0.25) is 4.90 Å². The molecule has 0 rings (SSSR count). The first-order valence-corrected chi connectivity index (χ1v) is 4.93. The summed E-state index contributed by atoms with van der Waals surface area (Å²) < 4.78 is 0. The first-order valence-electron chi connectivity index (χ1n) is 4.93. The zero-order valence-corrected chi connectivity index (χ0v) is 8.88. The Balaban J connectivity index is 4.12. The predicted molar refractivity (Wildman–Crippen MR) is 53.3 cm³/mol. The number of rotatable bonds is 6. The lowest BCUT2D eigenvalue weighted by molar-refractivity contribution is 0.00107. The fraction of sp³-hybridized carbons (Fsp3) is 0.900. The maximum atomic E-state index is 10.0. The quantitative estimate of drug-likeness (QED) is 0.634. The maximum Gasteiger partial charge on any atom is 0.0866 e. The van der Waals surface area contributed by atoms with Crippen molar-refractivity contribution < 1.29 is 5.11 Å². The van der Waals surface area contributed by atoms with Crippen LogP contribution in [-0.4, -0.2) is 35.2 Å². The minimum absolute atomic E-state index is 0.402. The SMILES string of the molecule is CCN(CC#N)CC(O)(CC)CC. The van der Waals surface area contributed by atoms with E-state index in [1.807, 2.05) is 25.7 Å². The zero-order valence-electron chi connectivity index (χ0n) is 8.88. The van der Waals surface area contributed by atoms with Gasteiger partial charge >= 0.3 is 0 Å². The molecule has 0 saturated heterocycles. The molecule has 3 nitrogen and oxygen atoms in total. The van der Waals surface area contributed by atoms with Crippen LogP contribution < -0.4 is 0 Å². The van der Waals surface area contributed by atoms with E-state index in [1.54, 1.807) is 0 Å². The van der Waals surface area contributed by atoms with Gasteiger partial charge in [0.2, 0.25) is 0 Å². The molecule has 0 unspecified atom stereocenters. The Morgan fingerprint density at radius 3 is 2.15 bits per heavy atom. The van der Waals surface area contributed by atoms with E-state index in [4.69, 9.17) is 5.26 Å². The number of hydrogen-bond donors (Lipinski definition) is 1. The van der Waals surface area contributed by atoms with E-state index in [-0.39, 0.29) is 0 Å². The molecule has 0 radical (unpaired) electrons. The summed E-state index contributed by atoms with van der Waals surface area (Å²) in [6.07, 6.45) is 1.48. The van der Waals surface area contributed by atoms with Gasteiger partial charge in [0.15, 0.2) is 0 Å². The summed E-state index contributed by atoms with van der Waals surface area (Å²) in [5.41, 5.74) is -0.618. The number of nitrogens with zero attached hydrogens (tertiary/aromatic N) is 2. The summed E-state index contributed by atoms with van der Waals surface area (Å²) in [6.45, 7) is 7.77.